The summed E-state index contributed by atoms with van der Waals surface area (Å²) in [5.41, 5.74) is 2.10. The van der Waals surface area contributed by atoms with Crippen molar-refractivity contribution in [3.63, 3.8) is 0 Å². The minimum Gasteiger partial charge on any atom is -0.351 e. The molecule has 0 aliphatic heterocycles. The van der Waals surface area contributed by atoms with Crippen molar-refractivity contribution in [3.8, 4) is 0 Å². The topological polar surface area (TPSA) is 29.1 Å². The third-order valence-corrected chi connectivity index (χ3v) is 4.72. The summed E-state index contributed by atoms with van der Waals surface area (Å²) in [4.78, 5) is 12.1. The third kappa shape index (κ3) is 3.50. The molecule has 0 radical (unpaired) electrons. The van der Waals surface area contributed by atoms with Crippen LogP contribution >= 0.6 is 11.6 Å². The molecule has 0 aromatic heterocycles. The molecule has 0 bridgehead atoms. The Labute approximate surface area is 120 Å². The number of carbonyl (C=O) groups excluding carboxylic acids is 1. The first-order chi connectivity index (χ1) is 9.19. The Kier molecular flexibility index (Phi) is 4.87. The van der Waals surface area contributed by atoms with E-state index in [1.165, 1.54) is 25.7 Å². The normalized spacial score (nSPS) is 17.4. The number of rotatable bonds is 5. The maximum Gasteiger partial charge on any atom is 0.251 e. The van der Waals surface area contributed by atoms with Crippen molar-refractivity contribution >= 4 is 17.5 Å². The molecule has 0 atom stereocenters. The molecule has 1 N–H and O–H groups in total. The number of hydrogen-bond acceptors (Lipinski definition) is 1. The van der Waals surface area contributed by atoms with Gasteiger partial charge in [-0.3, -0.25) is 4.79 Å². The molecule has 0 saturated heterocycles. The minimum absolute atomic E-state index is 0.0286. The first-order valence-electron chi connectivity index (χ1n) is 7.12. The highest BCUT2D eigenvalue weighted by Crippen LogP contribution is 2.40. The van der Waals surface area contributed by atoms with Crippen molar-refractivity contribution in [1.29, 1.82) is 0 Å². The van der Waals surface area contributed by atoms with Crippen LogP contribution in [0.15, 0.2) is 24.3 Å². The molecular weight excluding hydrogens is 258 g/mol. The predicted molar refractivity (Wildman–Crippen MR) is 79.5 cm³/mol. The summed E-state index contributed by atoms with van der Waals surface area (Å²) >= 11 is 5.74. The van der Waals surface area contributed by atoms with Crippen molar-refractivity contribution < 1.29 is 4.79 Å². The van der Waals surface area contributed by atoms with Crippen LogP contribution in [0.3, 0.4) is 0 Å². The molecule has 3 heteroatoms. The third-order valence-electron chi connectivity index (χ3n) is 4.41. The standard InChI is InChI=1S/C16H22ClNO/c1-2-16(9-3-4-10-16)12-18-15(19)14-7-5-13(11-17)6-8-14/h5-8H,2-4,9-12H2,1H3,(H,18,19). The van der Waals surface area contributed by atoms with Gasteiger partial charge >= 0.3 is 0 Å². The predicted octanol–water partition coefficient (Wildman–Crippen LogP) is 4.13. The Morgan fingerprint density at radius 2 is 1.89 bits per heavy atom. The average molecular weight is 280 g/mol. The molecule has 1 fully saturated rings. The van der Waals surface area contributed by atoms with Crippen LogP contribution in [0.5, 0.6) is 0 Å². The summed E-state index contributed by atoms with van der Waals surface area (Å²) in [5, 5.41) is 3.10. The zero-order valence-electron chi connectivity index (χ0n) is 11.5. The van der Waals surface area contributed by atoms with E-state index in [4.69, 9.17) is 11.6 Å². The van der Waals surface area contributed by atoms with E-state index in [2.05, 4.69) is 12.2 Å². The van der Waals surface area contributed by atoms with Gasteiger partial charge < -0.3 is 5.32 Å². The van der Waals surface area contributed by atoms with E-state index in [1.54, 1.807) is 0 Å². The van der Waals surface area contributed by atoms with Crippen LogP contribution in [-0.4, -0.2) is 12.5 Å². The molecule has 1 aromatic rings. The number of halogens is 1. The first kappa shape index (κ1) is 14.4. The Balaban J connectivity index is 1.93. The van der Waals surface area contributed by atoms with Crippen molar-refractivity contribution in [3.05, 3.63) is 35.4 Å². The van der Waals surface area contributed by atoms with Crippen molar-refractivity contribution in [1.82, 2.24) is 5.32 Å². The highest BCUT2D eigenvalue weighted by Gasteiger charge is 2.32. The van der Waals surface area contributed by atoms with E-state index in [-0.39, 0.29) is 5.91 Å². The Morgan fingerprint density at radius 3 is 2.42 bits per heavy atom. The summed E-state index contributed by atoms with van der Waals surface area (Å²) in [6, 6.07) is 7.51. The maximum atomic E-state index is 12.1. The molecule has 0 unspecified atom stereocenters. The Morgan fingerprint density at radius 1 is 1.26 bits per heavy atom. The number of carbonyl (C=O) groups is 1. The van der Waals surface area contributed by atoms with Crippen molar-refractivity contribution in [2.24, 2.45) is 5.41 Å². The molecule has 1 aliphatic rings. The van der Waals surface area contributed by atoms with Gasteiger partial charge in [0.05, 0.1) is 0 Å². The summed E-state index contributed by atoms with van der Waals surface area (Å²) in [6.07, 6.45) is 6.24. The van der Waals surface area contributed by atoms with Crippen LogP contribution < -0.4 is 5.32 Å². The fraction of sp³-hybridized carbons (Fsp3) is 0.562. The Bertz CT molecular complexity index is 421. The lowest BCUT2D eigenvalue weighted by Crippen LogP contribution is -2.35. The quantitative estimate of drug-likeness (QED) is 0.807. The summed E-state index contributed by atoms with van der Waals surface area (Å²) in [5.74, 6) is 0.516. The molecule has 2 nitrogen and oxygen atoms in total. The molecule has 0 spiro atoms. The zero-order valence-corrected chi connectivity index (χ0v) is 12.3. The lowest BCUT2D eigenvalue weighted by molar-refractivity contribution is 0.0929. The second kappa shape index (κ2) is 6.42. The molecule has 0 heterocycles. The van der Waals surface area contributed by atoms with Gasteiger partial charge in [-0.2, -0.15) is 0 Å². The van der Waals surface area contributed by atoms with Gasteiger partial charge in [0, 0.05) is 18.0 Å². The van der Waals surface area contributed by atoms with Crippen LogP contribution in [-0.2, 0) is 5.88 Å². The number of alkyl halides is 1. The largest absolute Gasteiger partial charge is 0.351 e. The summed E-state index contributed by atoms with van der Waals surface area (Å²) in [6.45, 7) is 3.03. The summed E-state index contributed by atoms with van der Waals surface area (Å²) in [7, 11) is 0. The van der Waals surface area contributed by atoms with Gasteiger partial charge in [0.25, 0.3) is 5.91 Å². The molecule has 1 aliphatic carbocycles. The molecule has 1 saturated carbocycles. The van der Waals surface area contributed by atoms with Crippen LogP contribution in [0, 0.1) is 5.41 Å². The van der Waals surface area contributed by atoms with Gasteiger partial charge in [0.2, 0.25) is 0 Å². The van der Waals surface area contributed by atoms with E-state index in [0.29, 0.717) is 11.3 Å². The molecule has 104 valence electrons. The van der Waals surface area contributed by atoms with E-state index in [0.717, 1.165) is 24.1 Å². The highest BCUT2D eigenvalue weighted by molar-refractivity contribution is 6.17. The second-order valence-electron chi connectivity index (χ2n) is 5.57. The van der Waals surface area contributed by atoms with Crippen LogP contribution in [0.2, 0.25) is 0 Å². The van der Waals surface area contributed by atoms with Crippen LogP contribution in [0.4, 0.5) is 0 Å². The van der Waals surface area contributed by atoms with Gasteiger partial charge in [-0.05, 0) is 42.4 Å². The van der Waals surface area contributed by atoms with Crippen molar-refractivity contribution in [2.75, 3.05) is 6.54 Å². The maximum absolute atomic E-state index is 12.1. The van der Waals surface area contributed by atoms with E-state index >= 15 is 0 Å². The number of hydrogen-bond donors (Lipinski definition) is 1. The van der Waals surface area contributed by atoms with Crippen LogP contribution in [0.1, 0.15) is 54.9 Å². The van der Waals surface area contributed by atoms with Gasteiger partial charge in [0.1, 0.15) is 0 Å². The molecular formula is C16H22ClNO. The summed E-state index contributed by atoms with van der Waals surface area (Å²) < 4.78 is 0. The number of amides is 1. The van der Waals surface area contributed by atoms with E-state index in [9.17, 15) is 4.79 Å². The van der Waals surface area contributed by atoms with Gasteiger partial charge in [-0.15, -0.1) is 11.6 Å². The van der Waals surface area contributed by atoms with E-state index < -0.39 is 0 Å². The van der Waals surface area contributed by atoms with Gasteiger partial charge in [-0.25, -0.2) is 0 Å². The van der Waals surface area contributed by atoms with Gasteiger partial charge in [0.15, 0.2) is 0 Å². The Hall–Kier alpha value is -1.02. The first-order valence-corrected chi connectivity index (χ1v) is 7.66. The number of nitrogens with one attached hydrogen (secondary N) is 1. The van der Waals surface area contributed by atoms with Crippen molar-refractivity contribution in [2.45, 2.75) is 44.9 Å². The minimum atomic E-state index is 0.0286. The van der Waals surface area contributed by atoms with Crippen LogP contribution in [0.25, 0.3) is 0 Å². The average Bonchev–Trinajstić information content (AvgIpc) is 2.94. The fourth-order valence-corrected chi connectivity index (χ4v) is 3.07. The smallest absolute Gasteiger partial charge is 0.251 e. The molecule has 19 heavy (non-hydrogen) atoms. The number of benzene rings is 1. The van der Waals surface area contributed by atoms with Gasteiger partial charge in [-0.1, -0.05) is 31.9 Å². The lowest BCUT2D eigenvalue weighted by atomic mass is 9.83. The zero-order chi connectivity index (χ0) is 13.7. The second-order valence-corrected chi connectivity index (χ2v) is 5.84. The van der Waals surface area contributed by atoms with E-state index in [1.807, 2.05) is 24.3 Å². The SMILES string of the molecule is CCC1(CNC(=O)c2ccc(CCl)cc2)CCCC1. The fourth-order valence-electron chi connectivity index (χ4n) is 2.90. The highest BCUT2D eigenvalue weighted by atomic mass is 35.5. The molecule has 1 amide bonds. The molecule has 1 aromatic carbocycles. The molecule has 2 rings (SSSR count). The lowest BCUT2D eigenvalue weighted by Gasteiger charge is -2.27. The monoisotopic (exact) mass is 279 g/mol.